The molecule has 4 rings (SSSR count). The van der Waals surface area contributed by atoms with E-state index in [1.165, 1.54) is 0 Å². The first kappa shape index (κ1) is 20.1. The van der Waals surface area contributed by atoms with Gasteiger partial charge in [0.2, 0.25) is 11.9 Å². The standard InChI is InChI=1S/C23H26N4O3/c1-3-5-10-15-26-21(28)19(22(29)30-4-2)20(17-12-8-9-14-24-17)27-18-13-7-6-11-16(18)25-23(26)27/h6-9,11-14,19-20H,3-5,10,15H2,1-2H3/t19-,20+/m0/s1. The number of carbonyl (C=O) groups is 2. The lowest BCUT2D eigenvalue weighted by atomic mass is 9.92. The number of fused-ring (bicyclic) bond motifs is 3. The van der Waals surface area contributed by atoms with E-state index < -0.39 is 17.9 Å². The van der Waals surface area contributed by atoms with Crippen LogP contribution in [0.25, 0.3) is 11.0 Å². The maximum absolute atomic E-state index is 13.6. The molecule has 0 radical (unpaired) electrons. The van der Waals surface area contributed by atoms with Gasteiger partial charge in [-0.15, -0.1) is 0 Å². The normalized spacial score (nSPS) is 18.5. The second-order valence-electron chi connectivity index (χ2n) is 7.40. The molecule has 0 saturated carbocycles. The number of hydrogen-bond donors (Lipinski definition) is 0. The van der Waals surface area contributed by atoms with Crippen LogP contribution in [0.3, 0.4) is 0 Å². The van der Waals surface area contributed by atoms with Crippen molar-refractivity contribution in [3.05, 3.63) is 54.4 Å². The number of nitrogens with zero attached hydrogens (tertiary/aromatic N) is 4. The van der Waals surface area contributed by atoms with Crippen molar-refractivity contribution in [2.45, 2.75) is 39.2 Å². The molecule has 0 spiro atoms. The third kappa shape index (κ3) is 3.44. The van der Waals surface area contributed by atoms with Crippen molar-refractivity contribution in [3.8, 4) is 0 Å². The Labute approximate surface area is 175 Å². The van der Waals surface area contributed by atoms with Crippen LogP contribution in [0, 0.1) is 5.92 Å². The Morgan fingerprint density at radius 3 is 2.63 bits per heavy atom. The van der Waals surface area contributed by atoms with E-state index in [1.54, 1.807) is 18.0 Å². The van der Waals surface area contributed by atoms with Crippen molar-refractivity contribution in [1.29, 1.82) is 0 Å². The Kier molecular flexibility index (Phi) is 5.79. The molecule has 7 heteroatoms. The smallest absolute Gasteiger partial charge is 0.321 e. The van der Waals surface area contributed by atoms with Crippen molar-refractivity contribution in [3.63, 3.8) is 0 Å². The van der Waals surface area contributed by atoms with E-state index in [2.05, 4.69) is 11.9 Å². The number of anilines is 1. The highest BCUT2D eigenvalue weighted by molar-refractivity contribution is 6.08. The molecule has 0 fully saturated rings. The van der Waals surface area contributed by atoms with Gasteiger partial charge >= 0.3 is 5.97 Å². The fourth-order valence-corrected chi connectivity index (χ4v) is 4.09. The summed E-state index contributed by atoms with van der Waals surface area (Å²) in [5, 5.41) is 0. The molecule has 2 aromatic heterocycles. The van der Waals surface area contributed by atoms with E-state index >= 15 is 0 Å². The topological polar surface area (TPSA) is 77.3 Å². The quantitative estimate of drug-likeness (QED) is 0.339. The van der Waals surface area contributed by atoms with Crippen LogP contribution in [0.15, 0.2) is 48.7 Å². The molecule has 1 amide bonds. The molecule has 1 aliphatic heterocycles. The fraction of sp³-hybridized carbons (Fsp3) is 0.391. The minimum absolute atomic E-state index is 0.213. The molecule has 156 valence electrons. The van der Waals surface area contributed by atoms with Crippen LogP contribution in [0.5, 0.6) is 0 Å². The monoisotopic (exact) mass is 406 g/mol. The van der Waals surface area contributed by atoms with Crippen LogP contribution in [0.2, 0.25) is 0 Å². The van der Waals surface area contributed by atoms with Crippen LogP contribution >= 0.6 is 0 Å². The van der Waals surface area contributed by atoms with E-state index in [9.17, 15) is 9.59 Å². The average molecular weight is 406 g/mol. The van der Waals surface area contributed by atoms with Gasteiger partial charge in [-0.05, 0) is 37.6 Å². The van der Waals surface area contributed by atoms with E-state index in [4.69, 9.17) is 9.72 Å². The molecule has 30 heavy (non-hydrogen) atoms. The maximum atomic E-state index is 13.6. The number of benzene rings is 1. The molecule has 1 aromatic carbocycles. The highest BCUT2D eigenvalue weighted by Crippen LogP contribution is 2.40. The third-order valence-corrected chi connectivity index (χ3v) is 5.46. The number of esters is 1. The van der Waals surface area contributed by atoms with Crippen molar-refractivity contribution in [2.75, 3.05) is 18.1 Å². The molecule has 0 bridgehead atoms. The number of hydrogen-bond acceptors (Lipinski definition) is 5. The number of carbonyl (C=O) groups excluding carboxylic acids is 2. The molecule has 0 unspecified atom stereocenters. The van der Waals surface area contributed by atoms with Crippen LogP contribution in [0.4, 0.5) is 5.95 Å². The Morgan fingerprint density at radius 2 is 1.90 bits per heavy atom. The fourth-order valence-electron chi connectivity index (χ4n) is 4.09. The van der Waals surface area contributed by atoms with Gasteiger partial charge in [-0.1, -0.05) is 38.0 Å². The predicted octanol–water partition coefficient (Wildman–Crippen LogP) is 3.74. The van der Waals surface area contributed by atoms with Gasteiger partial charge in [-0.25, -0.2) is 4.98 Å². The number of amides is 1. The molecule has 0 aliphatic carbocycles. The Hall–Kier alpha value is -3.22. The van der Waals surface area contributed by atoms with Gasteiger partial charge in [0.25, 0.3) is 0 Å². The molecule has 3 aromatic rings. The summed E-state index contributed by atoms with van der Waals surface area (Å²) in [6.07, 6.45) is 4.55. The van der Waals surface area contributed by atoms with Crippen LogP contribution in [-0.2, 0) is 14.3 Å². The van der Waals surface area contributed by atoms with Crippen LogP contribution < -0.4 is 4.90 Å². The molecule has 1 aliphatic rings. The van der Waals surface area contributed by atoms with Crippen LogP contribution in [-0.4, -0.2) is 39.6 Å². The zero-order valence-corrected chi connectivity index (χ0v) is 17.3. The van der Waals surface area contributed by atoms with Crippen molar-refractivity contribution in [2.24, 2.45) is 5.92 Å². The van der Waals surface area contributed by atoms with Crippen molar-refractivity contribution < 1.29 is 14.3 Å². The Morgan fingerprint density at radius 1 is 1.10 bits per heavy atom. The Balaban J connectivity index is 1.93. The van der Waals surface area contributed by atoms with Gasteiger partial charge in [-0.3, -0.25) is 24.0 Å². The minimum Gasteiger partial charge on any atom is -0.465 e. The van der Waals surface area contributed by atoms with E-state index in [1.807, 2.05) is 47.0 Å². The third-order valence-electron chi connectivity index (χ3n) is 5.46. The summed E-state index contributed by atoms with van der Waals surface area (Å²) in [6, 6.07) is 12.7. The summed E-state index contributed by atoms with van der Waals surface area (Å²) in [5.74, 6) is -1.25. The van der Waals surface area contributed by atoms with Gasteiger partial charge in [0.1, 0.15) is 6.04 Å². The lowest BCUT2D eigenvalue weighted by Crippen LogP contribution is -2.50. The zero-order chi connectivity index (χ0) is 21.1. The van der Waals surface area contributed by atoms with Gasteiger partial charge in [0.05, 0.1) is 23.3 Å². The number of ether oxygens (including phenoxy) is 1. The van der Waals surface area contributed by atoms with E-state index in [0.717, 1.165) is 30.3 Å². The van der Waals surface area contributed by atoms with E-state index in [0.29, 0.717) is 18.2 Å². The first-order valence-corrected chi connectivity index (χ1v) is 10.5. The summed E-state index contributed by atoms with van der Waals surface area (Å²) >= 11 is 0. The largest absolute Gasteiger partial charge is 0.465 e. The SMILES string of the molecule is CCCCCN1C(=O)[C@@H](C(=O)OCC)[C@@H](c2ccccn2)n2c1nc1ccccc12. The maximum Gasteiger partial charge on any atom is 0.321 e. The van der Waals surface area contributed by atoms with Crippen molar-refractivity contribution in [1.82, 2.24) is 14.5 Å². The summed E-state index contributed by atoms with van der Waals surface area (Å²) in [4.78, 5) is 37.5. The predicted molar refractivity (Wildman–Crippen MR) is 114 cm³/mol. The van der Waals surface area contributed by atoms with Gasteiger partial charge in [-0.2, -0.15) is 0 Å². The molecular formula is C23H26N4O3. The Bertz CT molecular complexity index is 1050. The summed E-state index contributed by atoms with van der Waals surface area (Å²) in [5.41, 5.74) is 2.29. The average Bonchev–Trinajstić information content (AvgIpc) is 3.14. The summed E-state index contributed by atoms with van der Waals surface area (Å²) in [7, 11) is 0. The van der Waals surface area contributed by atoms with Crippen LogP contribution in [0.1, 0.15) is 44.8 Å². The molecule has 3 heterocycles. The molecule has 0 N–H and O–H groups in total. The molecule has 7 nitrogen and oxygen atoms in total. The lowest BCUT2D eigenvalue weighted by molar-refractivity contribution is -0.153. The van der Waals surface area contributed by atoms with Gasteiger partial charge < -0.3 is 4.74 Å². The highest BCUT2D eigenvalue weighted by atomic mass is 16.5. The van der Waals surface area contributed by atoms with Gasteiger partial charge in [0.15, 0.2) is 5.92 Å². The number of pyridine rings is 1. The summed E-state index contributed by atoms with van der Waals surface area (Å²) in [6.45, 7) is 4.59. The number of para-hydroxylation sites is 2. The number of aromatic nitrogens is 3. The van der Waals surface area contributed by atoms with Gasteiger partial charge in [0, 0.05) is 12.7 Å². The van der Waals surface area contributed by atoms with Crippen molar-refractivity contribution >= 4 is 28.9 Å². The second-order valence-corrected chi connectivity index (χ2v) is 7.40. The highest BCUT2D eigenvalue weighted by Gasteiger charge is 2.48. The lowest BCUT2D eigenvalue weighted by Gasteiger charge is -2.37. The number of imidazole rings is 1. The zero-order valence-electron chi connectivity index (χ0n) is 17.3. The number of rotatable bonds is 7. The van der Waals surface area contributed by atoms with E-state index in [-0.39, 0.29) is 12.5 Å². The molecule has 2 atom stereocenters. The first-order chi connectivity index (χ1) is 14.7. The second kappa shape index (κ2) is 8.65. The minimum atomic E-state index is -1.01. The summed E-state index contributed by atoms with van der Waals surface area (Å²) < 4.78 is 7.31. The molecular weight excluding hydrogens is 380 g/mol. The molecule has 0 saturated heterocycles. The first-order valence-electron chi connectivity index (χ1n) is 10.5. The number of unbranched alkanes of at least 4 members (excludes halogenated alkanes) is 2.